The zero-order valence-electron chi connectivity index (χ0n) is 30.5. The van der Waals surface area contributed by atoms with Crippen molar-refractivity contribution in [3.63, 3.8) is 0 Å². The number of hydrogen-bond donors (Lipinski definition) is 0. The zero-order chi connectivity index (χ0) is 41.3. The molecule has 0 unspecified atom stereocenters. The average molecular weight is 863 g/mol. The zero-order valence-corrected chi connectivity index (χ0v) is 34.6. The summed E-state index contributed by atoms with van der Waals surface area (Å²) in [4.78, 5) is 45.4. The molecule has 14 heteroatoms. The molecule has 0 radical (unpaired) electrons. The molecule has 0 saturated heterocycles. The van der Waals surface area contributed by atoms with E-state index in [1.807, 2.05) is 72.8 Å². The van der Waals surface area contributed by atoms with Gasteiger partial charge in [0.05, 0.1) is 10.9 Å². The van der Waals surface area contributed by atoms with E-state index in [2.05, 4.69) is 72.8 Å². The van der Waals surface area contributed by atoms with Gasteiger partial charge in [0.25, 0.3) is 0 Å². The van der Waals surface area contributed by atoms with Crippen molar-refractivity contribution in [3.8, 4) is 0 Å². The SMILES string of the molecule is CC(=O)c1ccc(Sc2ccc([S+](c3ccc(Sc4ccc(C(C)=O)cc4)cc3)c3ccc(Sc4ccc(C(C)=O)cc4)cc3)cc2)cc1.O=S(=O)([O-])C(F)(F)F. The molecule has 0 aliphatic rings. The second kappa shape index (κ2) is 19.2. The van der Waals surface area contributed by atoms with Gasteiger partial charge in [0.1, 0.15) is 0 Å². The standard InChI is InChI=1S/C42H33O3S4.CHF3O3S/c1-28(43)31-4-10-34(11-5-31)46-37-16-22-40(23-17-37)49(41-24-18-38(19-25-41)47-35-12-6-32(7-13-35)29(2)44)42-26-20-39(21-27-42)48-36-14-8-33(9-15-36)30(3)45;2-1(3,4)8(5,6)7/h4-27H,1-3H3;(H,5,6,7)/q+1;/p-1. The number of benzene rings is 6. The molecule has 0 aliphatic carbocycles. The van der Waals surface area contributed by atoms with Crippen molar-refractivity contribution in [2.24, 2.45) is 0 Å². The summed E-state index contributed by atoms with van der Waals surface area (Å²) in [6.07, 6.45) is 0. The normalized spacial score (nSPS) is 11.4. The molecule has 0 saturated carbocycles. The number of ketones is 3. The lowest BCUT2D eigenvalue weighted by Crippen LogP contribution is -2.21. The molecule has 0 N–H and O–H groups in total. The van der Waals surface area contributed by atoms with Crippen LogP contribution in [0.2, 0.25) is 0 Å². The Hall–Kier alpha value is -4.57. The minimum atomic E-state index is -6.09. The summed E-state index contributed by atoms with van der Waals surface area (Å²) >= 11 is 5.04. The van der Waals surface area contributed by atoms with Crippen LogP contribution in [-0.4, -0.2) is 35.8 Å². The van der Waals surface area contributed by atoms with Gasteiger partial charge in [0, 0.05) is 46.1 Å². The van der Waals surface area contributed by atoms with Crippen LogP contribution < -0.4 is 0 Å². The van der Waals surface area contributed by atoms with Gasteiger partial charge in [-0.2, -0.15) is 13.2 Å². The lowest BCUT2D eigenvalue weighted by molar-refractivity contribution is -0.0518. The second-order valence-corrected chi connectivity index (χ2v) is 19.0. The highest BCUT2D eigenvalue weighted by Gasteiger charge is 2.37. The Kier molecular flexibility index (Phi) is 14.7. The predicted octanol–water partition coefficient (Wildman–Crippen LogP) is 11.9. The third-order valence-corrected chi connectivity index (χ3v) is 13.8. The maximum Gasteiger partial charge on any atom is 0.485 e. The van der Waals surface area contributed by atoms with Crippen LogP contribution in [0.1, 0.15) is 51.8 Å². The molecule has 0 heterocycles. The minimum absolute atomic E-state index is 0.0674. The second-order valence-electron chi connectivity index (χ2n) is 12.2. The monoisotopic (exact) mass is 862 g/mol. The first kappa shape index (κ1) is 43.6. The van der Waals surface area contributed by atoms with E-state index in [0.717, 1.165) is 29.4 Å². The first-order valence-electron chi connectivity index (χ1n) is 16.9. The van der Waals surface area contributed by atoms with Crippen molar-refractivity contribution in [2.75, 3.05) is 0 Å². The molecule has 292 valence electrons. The van der Waals surface area contributed by atoms with Crippen LogP contribution in [0.15, 0.2) is 190 Å². The van der Waals surface area contributed by atoms with Crippen molar-refractivity contribution in [2.45, 2.75) is 70.3 Å². The number of halogens is 3. The molecular weight excluding hydrogens is 830 g/mol. The number of rotatable bonds is 12. The number of hydrogen-bond acceptors (Lipinski definition) is 9. The molecule has 0 amide bonds. The number of Topliss-reactive ketones (excluding diaryl/α,β-unsaturated/α-hetero) is 3. The van der Waals surface area contributed by atoms with Crippen LogP contribution in [0.4, 0.5) is 13.2 Å². The summed E-state index contributed by atoms with van der Waals surface area (Å²) in [5.74, 6) is 0.202. The Labute approximate surface area is 344 Å². The van der Waals surface area contributed by atoms with Crippen molar-refractivity contribution in [1.82, 2.24) is 0 Å². The Morgan fingerprint density at radius 1 is 0.439 bits per heavy atom. The molecule has 6 aromatic carbocycles. The molecule has 0 bridgehead atoms. The van der Waals surface area contributed by atoms with E-state index in [4.69, 9.17) is 13.0 Å². The highest BCUT2D eigenvalue weighted by Crippen LogP contribution is 2.37. The quantitative estimate of drug-likeness (QED) is 0.0514. The smallest absolute Gasteiger partial charge is 0.485 e. The molecule has 57 heavy (non-hydrogen) atoms. The lowest BCUT2D eigenvalue weighted by atomic mass is 10.2. The number of carbonyl (C=O) groups excluding carboxylic acids is 3. The summed E-state index contributed by atoms with van der Waals surface area (Å²) < 4.78 is 58.9. The van der Waals surface area contributed by atoms with Gasteiger partial charge >= 0.3 is 5.51 Å². The first-order chi connectivity index (χ1) is 27.0. The summed E-state index contributed by atoms with van der Waals surface area (Å²) in [5, 5.41) is 0. The molecule has 0 fully saturated rings. The van der Waals surface area contributed by atoms with Crippen molar-refractivity contribution in [1.29, 1.82) is 0 Å². The molecule has 0 atom stereocenters. The van der Waals surface area contributed by atoms with Crippen molar-refractivity contribution >= 4 is 73.6 Å². The Morgan fingerprint density at radius 2 is 0.614 bits per heavy atom. The van der Waals surface area contributed by atoms with Gasteiger partial charge < -0.3 is 4.55 Å². The molecule has 0 aromatic heterocycles. The molecule has 6 nitrogen and oxygen atoms in total. The fourth-order valence-electron chi connectivity index (χ4n) is 5.02. The maximum absolute atomic E-state index is 11.7. The number of carbonyl (C=O) groups is 3. The first-order valence-corrected chi connectivity index (χ1v) is 22.0. The fourth-order valence-corrected chi connectivity index (χ4v) is 9.51. The van der Waals surface area contributed by atoms with E-state index < -0.39 is 15.6 Å². The summed E-state index contributed by atoms with van der Waals surface area (Å²) in [7, 11) is -6.43. The van der Waals surface area contributed by atoms with Crippen LogP contribution in [0, 0.1) is 0 Å². The van der Waals surface area contributed by atoms with Crippen molar-refractivity contribution < 1.29 is 40.5 Å². The average Bonchev–Trinajstić information content (AvgIpc) is 3.17. The van der Waals surface area contributed by atoms with E-state index in [1.54, 1.807) is 56.1 Å². The predicted molar refractivity (Wildman–Crippen MR) is 219 cm³/mol. The Bertz CT molecular complexity index is 2190. The van der Waals surface area contributed by atoms with E-state index in [-0.39, 0.29) is 28.2 Å². The van der Waals surface area contributed by atoms with Gasteiger partial charge in [-0.05, 0) is 130 Å². The number of alkyl halides is 3. The minimum Gasteiger partial charge on any atom is -0.741 e. The fraction of sp³-hybridized carbons (Fsp3) is 0.0930. The van der Waals surface area contributed by atoms with Crippen LogP contribution in [0.3, 0.4) is 0 Å². The van der Waals surface area contributed by atoms with E-state index >= 15 is 0 Å². The van der Waals surface area contributed by atoms with Crippen LogP contribution in [0.5, 0.6) is 0 Å². The maximum atomic E-state index is 11.7. The molecule has 0 spiro atoms. The Morgan fingerprint density at radius 3 is 0.772 bits per heavy atom. The largest absolute Gasteiger partial charge is 0.741 e. The topological polar surface area (TPSA) is 108 Å². The van der Waals surface area contributed by atoms with Crippen LogP contribution in [-0.2, 0) is 21.0 Å². The van der Waals surface area contributed by atoms with E-state index in [9.17, 15) is 27.6 Å². The van der Waals surface area contributed by atoms with Gasteiger partial charge in [-0.15, -0.1) is 0 Å². The van der Waals surface area contributed by atoms with Gasteiger partial charge in [0.15, 0.2) is 42.2 Å². The summed E-state index contributed by atoms with van der Waals surface area (Å²) in [6.45, 7) is 4.75. The van der Waals surface area contributed by atoms with Gasteiger partial charge in [-0.3, -0.25) is 14.4 Å². The Balaban J connectivity index is 0.000000701. The van der Waals surface area contributed by atoms with Crippen LogP contribution in [0.25, 0.3) is 0 Å². The molecular formula is C43H33F3O6S5. The van der Waals surface area contributed by atoms with E-state index in [1.165, 1.54) is 14.7 Å². The third-order valence-electron chi connectivity index (χ3n) is 7.95. The third kappa shape index (κ3) is 12.5. The molecule has 6 aromatic rings. The molecule has 0 aliphatic heterocycles. The highest BCUT2D eigenvalue weighted by atomic mass is 32.2. The van der Waals surface area contributed by atoms with Gasteiger partial charge in [-0.25, -0.2) is 8.42 Å². The van der Waals surface area contributed by atoms with Crippen molar-refractivity contribution in [3.05, 3.63) is 162 Å². The summed E-state index contributed by atoms with van der Waals surface area (Å²) in [6, 6.07) is 49.5. The van der Waals surface area contributed by atoms with Gasteiger partial charge in [0.2, 0.25) is 0 Å². The van der Waals surface area contributed by atoms with E-state index in [0.29, 0.717) is 16.7 Å². The van der Waals surface area contributed by atoms with Gasteiger partial charge in [-0.1, -0.05) is 71.7 Å². The highest BCUT2D eigenvalue weighted by molar-refractivity contribution is 8.00. The van der Waals surface area contributed by atoms with Crippen LogP contribution >= 0.6 is 35.3 Å². The lowest BCUT2D eigenvalue weighted by Gasteiger charge is -2.11. The summed E-state index contributed by atoms with van der Waals surface area (Å²) in [5.41, 5.74) is -3.49. The molecule has 6 rings (SSSR count).